The molecule has 2 N–H and O–H groups in total. The fourth-order valence-electron chi connectivity index (χ4n) is 2.03. The van der Waals surface area contributed by atoms with E-state index in [1.807, 2.05) is 18.7 Å². The number of nitrogens with zero attached hydrogens (tertiary/aromatic N) is 2. The molecule has 96 valence electrons. The first-order chi connectivity index (χ1) is 8.61. The minimum atomic E-state index is 0.661. The van der Waals surface area contributed by atoms with Crippen molar-refractivity contribution >= 4 is 11.8 Å². The molecular formula is C14H19N3S. The van der Waals surface area contributed by atoms with E-state index < -0.39 is 0 Å². The molecule has 1 aromatic heterocycles. The number of hydrogen-bond donors (Lipinski definition) is 1. The van der Waals surface area contributed by atoms with Gasteiger partial charge in [-0.3, -0.25) is 4.68 Å². The normalized spacial score (nSPS) is 10.9. The number of rotatable bonds is 4. The summed E-state index contributed by atoms with van der Waals surface area (Å²) in [6, 6.07) is 8.52. The molecule has 0 bridgehead atoms. The summed E-state index contributed by atoms with van der Waals surface area (Å²) in [7, 11) is 1.99. The van der Waals surface area contributed by atoms with Crippen LogP contribution in [-0.2, 0) is 13.5 Å². The molecule has 2 aromatic rings. The van der Waals surface area contributed by atoms with Crippen molar-refractivity contribution in [3.05, 3.63) is 41.1 Å². The third-order valence-corrected chi connectivity index (χ3v) is 4.08. The van der Waals surface area contributed by atoms with E-state index in [0.29, 0.717) is 6.54 Å². The van der Waals surface area contributed by atoms with Crippen LogP contribution in [0.2, 0.25) is 0 Å². The molecule has 0 unspecified atom stereocenters. The summed E-state index contributed by atoms with van der Waals surface area (Å²) < 4.78 is 1.95. The lowest BCUT2D eigenvalue weighted by Gasteiger charge is -2.06. The van der Waals surface area contributed by atoms with E-state index in [9.17, 15) is 0 Å². The summed E-state index contributed by atoms with van der Waals surface area (Å²) in [4.78, 5) is 1.25. The van der Waals surface area contributed by atoms with Crippen molar-refractivity contribution in [2.24, 2.45) is 12.8 Å². The van der Waals surface area contributed by atoms with E-state index >= 15 is 0 Å². The number of hydrogen-bond acceptors (Lipinski definition) is 3. The molecule has 3 nitrogen and oxygen atoms in total. The van der Waals surface area contributed by atoms with Crippen LogP contribution in [-0.4, -0.2) is 16.3 Å². The summed E-state index contributed by atoms with van der Waals surface area (Å²) in [5.74, 6) is 0. The van der Waals surface area contributed by atoms with Crippen LogP contribution in [0, 0.1) is 13.8 Å². The van der Waals surface area contributed by atoms with Gasteiger partial charge in [0.2, 0.25) is 0 Å². The molecule has 1 heterocycles. The van der Waals surface area contributed by atoms with Crippen molar-refractivity contribution in [3.63, 3.8) is 0 Å². The highest BCUT2D eigenvalue weighted by Crippen LogP contribution is 2.32. The molecule has 0 amide bonds. The Balaban J connectivity index is 2.33. The molecule has 0 atom stereocenters. The zero-order valence-electron chi connectivity index (χ0n) is 11.1. The van der Waals surface area contributed by atoms with Crippen molar-refractivity contribution in [1.82, 2.24) is 9.78 Å². The van der Waals surface area contributed by atoms with Crippen LogP contribution < -0.4 is 5.73 Å². The molecule has 18 heavy (non-hydrogen) atoms. The Morgan fingerprint density at radius 3 is 2.78 bits per heavy atom. The molecule has 0 fully saturated rings. The standard InChI is InChI=1S/C14H19N3S/c1-10-5-4-6-12(9-10)18-14-13(7-8-15)11(2)16-17(14)3/h4-6,9H,7-8,15H2,1-3H3. The maximum absolute atomic E-state index is 5.68. The topological polar surface area (TPSA) is 43.8 Å². The van der Waals surface area contributed by atoms with Crippen LogP contribution >= 0.6 is 11.8 Å². The second-order valence-electron chi connectivity index (χ2n) is 4.45. The van der Waals surface area contributed by atoms with Gasteiger partial charge in [-0.05, 0) is 38.9 Å². The van der Waals surface area contributed by atoms with Crippen LogP contribution in [0.1, 0.15) is 16.8 Å². The Bertz CT molecular complexity index is 546. The van der Waals surface area contributed by atoms with Crippen molar-refractivity contribution in [2.75, 3.05) is 6.54 Å². The minimum absolute atomic E-state index is 0.661. The number of nitrogens with two attached hydrogens (primary N) is 1. The third-order valence-electron chi connectivity index (χ3n) is 2.89. The zero-order valence-corrected chi connectivity index (χ0v) is 11.9. The number of aromatic nitrogens is 2. The summed E-state index contributed by atoms with van der Waals surface area (Å²) >= 11 is 1.76. The predicted molar refractivity (Wildman–Crippen MR) is 76.0 cm³/mol. The number of aryl methyl sites for hydroxylation is 3. The van der Waals surface area contributed by atoms with Crippen molar-refractivity contribution in [1.29, 1.82) is 0 Å². The second kappa shape index (κ2) is 5.59. The Hall–Kier alpha value is -1.26. The quantitative estimate of drug-likeness (QED) is 0.920. The van der Waals surface area contributed by atoms with E-state index in [-0.39, 0.29) is 0 Å². The van der Waals surface area contributed by atoms with E-state index in [2.05, 4.69) is 36.3 Å². The lowest BCUT2D eigenvalue weighted by atomic mass is 10.2. The summed E-state index contributed by atoms with van der Waals surface area (Å²) in [5, 5.41) is 5.69. The fourth-order valence-corrected chi connectivity index (χ4v) is 3.19. The minimum Gasteiger partial charge on any atom is -0.330 e. The van der Waals surface area contributed by atoms with Crippen LogP contribution in [0.3, 0.4) is 0 Å². The summed E-state index contributed by atoms with van der Waals surface area (Å²) in [5.41, 5.74) is 9.31. The van der Waals surface area contributed by atoms with E-state index in [0.717, 1.165) is 12.1 Å². The van der Waals surface area contributed by atoms with Crippen LogP contribution in [0.25, 0.3) is 0 Å². The lowest BCUT2D eigenvalue weighted by molar-refractivity contribution is 0.688. The first-order valence-electron chi connectivity index (χ1n) is 6.09. The predicted octanol–water partition coefficient (Wildman–Crippen LogP) is 2.69. The average Bonchev–Trinajstić information content (AvgIpc) is 2.57. The molecule has 0 saturated heterocycles. The molecule has 0 saturated carbocycles. The molecule has 1 aromatic carbocycles. The van der Waals surface area contributed by atoms with Crippen LogP contribution in [0.15, 0.2) is 34.2 Å². The first-order valence-corrected chi connectivity index (χ1v) is 6.90. The van der Waals surface area contributed by atoms with Crippen LogP contribution in [0.5, 0.6) is 0 Å². The lowest BCUT2D eigenvalue weighted by Crippen LogP contribution is -2.04. The van der Waals surface area contributed by atoms with Crippen molar-refractivity contribution < 1.29 is 0 Å². The zero-order chi connectivity index (χ0) is 13.1. The van der Waals surface area contributed by atoms with Crippen molar-refractivity contribution in [3.8, 4) is 0 Å². The van der Waals surface area contributed by atoms with Gasteiger partial charge in [-0.25, -0.2) is 0 Å². The first kappa shape index (κ1) is 13.2. The van der Waals surface area contributed by atoms with Gasteiger partial charge in [0, 0.05) is 17.5 Å². The molecule has 0 aliphatic carbocycles. The summed E-state index contributed by atoms with van der Waals surface area (Å²) in [6.45, 7) is 4.82. The molecule has 0 radical (unpaired) electrons. The molecule has 2 rings (SSSR count). The molecular weight excluding hydrogens is 242 g/mol. The SMILES string of the molecule is Cc1cccc(Sc2c(CCN)c(C)nn2C)c1. The Morgan fingerprint density at radius 1 is 1.33 bits per heavy atom. The second-order valence-corrected chi connectivity index (χ2v) is 5.51. The van der Waals surface area contributed by atoms with Gasteiger partial charge in [-0.2, -0.15) is 5.10 Å². The monoisotopic (exact) mass is 261 g/mol. The third kappa shape index (κ3) is 2.76. The highest BCUT2D eigenvalue weighted by Gasteiger charge is 2.13. The molecule has 0 aliphatic heterocycles. The molecule has 0 spiro atoms. The summed E-state index contributed by atoms with van der Waals surface area (Å²) in [6.07, 6.45) is 0.883. The number of benzene rings is 1. The smallest absolute Gasteiger partial charge is 0.102 e. The van der Waals surface area contributed by atoms with Gasteiger partial charge >= 0.3 is 0 Å². The molecule has 0 aliphatic rings. The van der Waals surface area contributed by atoms with E-state index in [1.165, 1.54) is 21.0 Å². The van der Waals surface area contributed by atoms with Gasteiger partial charge in [0.1, 0.15) is 5.03 Å². The largest absolute Gasteiger partial charge is 0.330 e. The highest BCUT2D eigenvalue weighted by atomic mass is 32.2. The van der Waals surface area contributed by atoms with Gasteiger partial charge in [0.25, 0.3) is 0 Å². The van der Waals surface area contributed by atoms with Crippen LogP contribution in [0.4, 0.5) is 0 Å². The van der Waals surface area contributed by atoms with Crippen molar-refractivity contribution in [2.45, 2.75) is 30.2 Å². The maximum atomic E-state index is 5.68. The van der Waals surface area contributed by atoms with Gasteiger partial charge in [-0.15, -0.1) is 0 Å². The fraction of sp³-hybridized carbons (Fsp3) is 0.357. The average molecular weight is 261 g/mol. The van der Waals surface area contributed by atoms with Gasteiger partial charge in [-0.1, -0.05) is 29.5 Å². The van der Waals surface area contributed by atoms with E-state index in [4.69, 9.17) is 5.73 Å². The van der Waals surface area contributed by atoms with Gasteiger partial charge in [0.05, 0.1) is 5.69 Å². The Labute approximate surface area is 112 Å². The molecule has 4 heteroatoms. The van der Waals surface area contributed by atoms with Gasteiger partial charge < -0.3 is 5.73 Å². The Kier molecular flexibility index (Phi) is 4.09. The maximum Gasteiger partial charge on any atom is 0.102 e. The highest BCUT2D eigenvalue weighted by molar-refractivity contribution is 7.99. The van der Waals surface area contributed by atoms with Gasteiger partial charge in [0.15, 0.2) is 0 Å². The Morgan fingerprint density at radius 2 is 2.11 bits per heavy atom. The van der Waals surface area contributed by atoms with E-state index in [1.54, 1.807) is 11.8 Å².